The topological polar surface area (TPSA) is 37.3 Å². The van der Waals surface area contributed by atoms with Crippen LogP contribution in [0, 0.1) is 10.7 Å². The molecule has 0 atom stereocenters. The van der Waals surface area contributed by atoms with Crippen molar-refractivity contribution in [1.82, 2.24) is 0 Å². The number of halogens is 5. The standard InChI is InChI=1S/C9H5F2I3O2/c10-9(11,8(15)16)3-5-6(13)1-4(12)2-7(5)14/h1-2H,3H2,(H,15,16). The van der Waals surface area contributed by atoms with Gasteiger partial charge in [-0.05, 0) is 85.5 Å². The van der Waals surface area contributed by atoms with Crippen LogP contribution in [0.25, 0.3) is 0 Å². The third kappa shape index (κ3) is 3.62. The van der Waals surface area contributed by atoms with Gasteiger partial charge in [0.1, 0.15) is 0 Å². The van der Waals surface area contributed by atoms with E-state index in [-0.39, 0.29) is 0 Å². The number of aliphatic carboxylic acids is 1. The first kappa shape index (κ1) is 14.8. The van der Waals surface area contributed by atoms with Crippen LogP contribution < -0.4 is 0 Å². The maximum absolute atomic E-state index is 13.1. The normalized spacial score (nSPS) is 11.6. The Morgan fingerprint density at radius 2 is 1.69 bits per heavy atom. The lowest BCUT2D eigenvalue weighted by Crippen LogP contribution is -2.31. The SMILES string of the molecule is O=C(O)C(F)(F)Cc1c(I)cc(I)cc1I. The third-order valence-electron chi connectivity index (χ3n) is 1.82. The highest BCUT2D eigenvalue weighted by molar-refractivity contribution is 14.1. The summed E-state index contributed by atoms with van der Waals surface area (Å²) in [7, 11) is 0. The van der Waals surface area contributed by atoms with Crippen LogP contribution in [0.2, 0.25) is 0 Å². The van der Waals surface area contributed by atoms with Gasteiger partial charge in [0.15, 0.2) is 0 Å². The summed E-state index contributed by atoms with van der Waals surface area (Å²) in [6, 6.07) is 3.49. The molecule has 0 aliphatic carbocycles. The Morgan fingerprint density at radius 1 is 1.25 bits per heavy atom. The zero-order valence-electron chi connectivity index (χ0n) is 7.61. The fraction of sp³-hybridized carbons (Fsp3) is 0.222. The first-order chi connectivity index (χ1) is 7.24. The molecule has 0 fully saturated rings. The van der Waals surface area contributed by atoms with Crippen LogP contribution in [0.1, 0.15) is 5.56 Å². The minimum absolute atomic E-state index is 0.383. The van der Waals surface area contributed by atoms with Gasteiger partial charge in [-0.15, -0.1) is 0 Å². The summed E-state index contributed by atoms with van der Waals surface area (Å²) < 4.78 is 28.4. The van der Waals surface area contributed by atoms with Crippen molar-refractivity contribution in [2.45, 2.75) is 12.3 Å². The number of alkyl halides is 2. The molecule has 1 N–H and O–H groups in total. The molecule has 1 aromatic rings. The van der Waals surface area contributed by atoms with E-state index in [1.165, 1.54) is 0 Å². The molecule has 0 unspecified atom stereocenters. The van der Waals surface area contributed by atoms with Crippen molar-refractivity contribution in [1.29, 1.82) is 0 Å². The molecular formula is C9H5F2I3O2. The number of rotatable bonds is 3. The molecule has 1 rings (SSSR count). The molecule has 0 spiro atoms. The number of benzene rings is 1. The lowest BCUT2D eigenvalue weighted by Gasteiger charge is -2.14. The molecular weight excluding hydrogens is 559 g/mol. The number of carboxylic acids is 1. The predicted molar refractivity (Wildman–Crippen MR) is 80.9 cm³/mol. The van der Waals surface area contributed by atoms with Gasteiger partial charge in [0, 0.05) is 17.1 Å². The summed E-state index contributed by atoms with van der Waals surface area (Å²) in [5.41, 5.74) is 0.383. The fourth-order valence-corrected chi connectivity index (χ4v) is 5.00. The van der Waals surface area contributed by atoms with E-state index in [0.717, 1.165) is 3.57 Å². The zero-order valence-corrected chi connectivity index (χ0v) is 14.1. The average molecular weight is 564 g/mol. The Bertz CT molecular complexity index is 412. The average Bonchev–Trinajstić information content (AvgIpc) is 2.11. The molecule has 0 bridgehead atoms. The van der Waals surface area contributed by atoms with E-state index in [1.54, 1.807) is 12.1 Å². The highest BCUT2D eigenvalue weighted by Gasteiger charge is 2.39. The molecule has 0 aliphatic heterocycles. The molecule has 16 heavy (non-hydrogen) atoms. The molecule has 0 saturated heterocycles. The molecule has 0 saturated carbocycles. The summed E-state index contributed by atoms with van der Waals surface area (Å²) in [4.78, 5) is 10.4. The summed E-state index contributed by atoms with van der Waals surface area (Å²) in [5, 5.41) is 8.38. The van der Waals surface area contributed by atoms with Gasteiger partial charge in [-0.1, -0.05) is 0 Å². The second-order valence-corrected chi connectivity index (χ2v) is 6.60. The van der Waals surface area contributed by atoms with Crippen molar-refractivity contribution in [2.75, 3.05) is 0 Å². The maximum atomic E-state index is 13.1. The second kappa shape index (κ2) is 5.59. The summed E-state index contributed by atoms with van der Waals surface area (Å²) in [6.45, 7) is 0. The number of hydrogen-bond donors (Lipinski definition) is 1. The maximum Gasteiger partial charge on any atom is 0.374 e. The lowest BCUT2D eigenvalue weighted by molar-refractivity contribution is -0.164. The molecule has 0 heterocycles. The van der Waals surface area contributed by atoms with Crippen LogP contribution >= 0.6 is 67.8 Å². The Kier molecular flexibility index (Phi) is 5.17. The molecule has 88 valence electrons. The van der Waals surface area contributed by atoms with Gasteiger partial charge >= 0.3 is 11.9 Å². The van der Waals surface area contributed by atoms with E-state index in [1.807, 2.05) is 45.2 Å². The van der Waals surface area contributed by atoms with Crippen molar-refractivity contribution in [2.24, 2.45) is 0 Å². The van der Waals surface area contributed by atoms with Crippen molar-refractivity contribution in [3.05, 3.63) is 28.4 Å². The van der Waals surface area contributed by atoms with Crippen LogP contribution in [0.3, 0.4) is 0 Å². The van der Waals surface area contributed by atoms with Gasteiger partial charge in [0.2, 0.25) is 0 Å². The summed E-state index contributed by atoms with van der Waals surface area (Å²) in [5.74, 6) is -5.80. The number of carbonyl (C=O) groups is 1. The van der Waals surface area contributed by atoms with Gasteiger partial charge < -0.3 is 5.11 Å². The Hall–Kier alpha value is 0.740. The van der Waals surface area contributed by atoms with Gasteiger partial charge in [-0.2, -0.15) is 8.78 Å². The lowest BCUT2D eigenvalue weighted by atomic mass is 10.1. The molecule has 1 aromatic carbocycles. The van der Waals surface area contributed by atoms with Crippen LogP contribution in [0.4, 0.5) is 8.78 Å². The van der Waals surface area contributed by atoms with Crippen LogP contribution in [0.5, 0.6) is 0 Å². The summed E-state index contributed by atoms with van der Waals surface area (Å²) in [6.07, 6.45) is -0.768. The van der Waals surface area contributed by atoms with E-state index in [9.17, 15) is 13.6 Å². The van der Waals surface area contributed by atoms with Crippen molar-refractivity contribution >= 4 is 73.7 Å². The molecule has 7 heteroatoms. The van der Waals surface area contributed by atoms with Crippen LogP contribution in [0.15, 0.2) is 12.1 Å². The van der Waals surface area contributed by atoms with E-state index in [0.29, 0.717) is 12.7 Å². The fourth-order valence-electron chi connectivity index (χ4n) is 1.04. The highest BCUT2D eigenvalue weighted by atomic mass is 127. The largest absolute Gasteiger partial charge is 0.477 e. The Labute approximate surface area is 132 Å². The van der Waals surface area contributed by atoms with E-state index in [4.69, 9.17) is 5.11 Å². The van der Waals surface area contributed by atoms with E-state index < -0.39 is 18.3 Å². The minimum Gasteiger partial charge on any atom is -0.477 e. The third-order valence-corrected chi connectivity index (χ3v) is 4.37. The van der Waals surface area contributed by atoms with Gasteiger partial charge in [-0.3, -0.25) is 0 Å². The molecule has 0 amide bonds. The quantitative estimate of drug-likeness (QED) is 0.569. The van der Waals surface area contributed by atoms with Crippen molar-refractivity contribution in [3.63, 3.8) is 0 Å². The van der Waals surface area contributed by atoms with Crippen molar-refractivity contribution in [3.8, 4) is 0 Å². The first-order valence-electron chi connectivity index (χ1n) is 3.98. The first-order valence-corrected chi connectivity index (χ1v) is 7.22. The van der Waals surface area contributed by atoms with E-state index in [2.05, 4.69) is 22.6 Å². The number of carboxylic acid groups (broad SMARTS) is 1. The van der Waals surface area contributed by atoms with Gasteiger partial charge in [0.05, 0.1) is 0 Å². The summed E-state index contributed by atoms with van der Waals surface area (Å²) >= 11 is 5.96. The second-order valence-electron chi connectivity index (χ2n) is 3.03. The molecule has 0 radical (unpaired) electrons. The molecule has 0 aliphatic rings. The smallest absolute Gasteiger partial charge is 0.374 e. The van der Waals surface area contributed by atoms with Crippen LogP contribution in [-0.4, -0.2) is 17.0 Å². The Balaban J connectivity index is 3.11. The number of hydrogen-bond acceptors (Lipinski definition) is 1. The van der Waals surface area contributed by atoms with Crippen molar-refractivity contribution < 1.29 is 18.7 Å². The predicted octanol–water partition coefficient (Wildman–Crippen LogP) is 3.76. The highest BCUT2D eigenvalue weighted by Crippen LogP contribution is 2.28. The zero-order chi connectivity index (χ0) is 12.5. The van der Waals surface area contributed by atoms with Crippen LogP contribution in [-0.2, 0) is 11.2 Å². The Morgan fingerprint density at radius 3 is 2.06 bits per heavy atom. The van der Waals surface area contributed by atoms with Gasteiger partial charge in [0.25, 0.3) is 0 Å². The van der Waals surface area contributed by atoms with E-state index >= 15 is 0 Å². The monoisotopic (exact) mass is 564 g/mol. The van der Waals surface area contributed by atoms with Gasteiger partial charge in [-0.25, -0.2) is 4.79 Å². The minimum atomic E-state index is -3.72. The molecule has 2 nitrogen and oxygen atoms in total. The molecule has 0 aromatic heterocycles.